The minimum absolute atomic E-state index is 0.613. The Morgan fingerprint density at radius 2 is 1.23 bits per heavy atom. The van der Waals surface area contributed by atoms with Crippen LogP contribution in [0.1, 0.15) is 74.3 Å². The van der Waals surface area contributed by atoms with E-state index in [1.807, 2.05) is 0 Å². The Bertz CT molecular complexity index is 474. The summed E-state index contributed by atoms with van der Waals surface area (Å²) in [6, 6.07) is 12.6. The SMILES string of the molecule is CCC(N(C(C)C)C(C)C)[PH](Cc1ccccc1)(CC(C)C)CC(C)C. The van der Waals surface area contributed by atoms with Gasteiger partial charge in [0.2, 0.25) is 0 Å². The third-order valence-electron chi connectivity index (χ3n) is 5.67. The van der Waals surface area contributed by atoms with Crippen LogP contribution in [0.2, 0.25) is 0 Å². The molecule has 0 N–H and O–H groups in total. The van der Waals surface area contributed by atoms with Crippen LogP contribution in [0.15, 0.2) is 30.3 Å². The maximum absolute atomic E-state index is 2.86. The van der Waals surface area contributed by atoms with E-state index in [4.69, 9.17) is 0 Å². The Kier molecular flexibility index (Phi) is 9.84. The summed E-state index contributed by atoms with van der Waals surface area (Å²) in [5.74, 6) is 2.31. The average molecular weight is 380 g/mol. The van der Waals surface area contributed by atoms with Crippen LogP contribution in [-0.4, -0.2) is 35.1 Å². The molecule has 0 heterocycles. The number of hydrogen-bond donors (Lipinski definition) is 0. The molecule has 152 valence electrons. The molecule has 0 amide bonds. The summed E-state index contributed by atoms with van der Waals surface area (Å²) in [4.78, 5) is 2.86. The second-order valence-electron chi connectivity index (χ2n) is 9.78. The molecule has 0 aliphatic heterocycles. The van der Waals surface area contributed by atoms with Crippen molar-refractivity contribution in [2.45, 2.75) is 92.8 Å². The molecule has 1 atom stereocenters. The Morgan fingerprint density at radius 1 is 0.769 bits per heavy atom. The van der Waals surface area contributed by atoms with Crippen molar-refractivity contribution in [3.63, 3.8) is 0 Å². The van der Waals surface area contributed by atoms with Crippen molar-refractivity contribution in [1.29, 1.82) is 0 Å². The van der Waals surface area contributed by atoms with E-state index in [-0.39, 0.29) is 0 Å². The molecule has 0 aliphatic carbocycles. The van der Waals surface area contributed by atoms with Crippen molar-refractivity contribution in [1.82, 2.24) is 4.90 Å². The van der Waals surface area contributed by atoms with Crippen molar-refractivity contribution in [3.05, 3.63) is 35.9 Å². The van der Waals surface area contributed by atoms with Gasteiger partial charge in [-0.15, -0.1) is 0 Å². The first kappa shape index (κ1) is 23.6. The van der Waals surface area contributed by atoms with Crippen LogP contribution in [0.25, 0.3) is 0 Å². The van der Waals surface area contributed by atoms with Gasteiger partial charge in [-0.3, -0.25) is 0 Å². The van der Waals surface area contributed by atoms with Crippen molar-refractivity contribution >= 4 is 7.26 Å². The van der Waals surface area contributed by atoms with Crippen LogP contribution in [0.4, 0.5) is 0 Å². The van der Waals surface area contributed by atoms with E-state index in [9.17, 15) is 0 Å². The number of benzene rings is 1. The molecule has 0 fully saturated rings. The van der Waals surface area contributed by atoms with Crippen molar-refractivity contribution in [2.24, 2.45) is 11.8 Å². The van der Waals surface area contributed by atoms with Crippen LogP contribution in [0.5, 0.6) is 0 Å². The van der Waals surface area contributed by atoms with Crippen LogP contribution >= 0.6 is 7.26 Å². The summed E-state index contributed by atoms with van der Waals surface area (Å²) < 4.78 is 0. The van der Waals surface area contributed by atoms with E-state index in [0.29, 0.717) is 12.1 Å². The molecular formula is C24H46NP. The Morgan fingerprint density at radius 3 is 1.58 bits per heavy atom. The zero-order valence-corrected chi connectivity index (χ0v) is 20.0. The number of nitrogens with zero attached hydrogens (tertiary/aromatic N) is 1. The topological polar surface area (TPSA) is 3.24 Å². The van der Waals surface area contributed by atoms with Crippen LogP contribution in [0, 0.1) is 11.8 Å². The molecule has 2 heteroatoms. The van der Waals surface area contributed by atoms with Gasteiger partial charge in [0, 0.05) is 0 Å². The van der Waals surface area contributed by atoms with E-state index in [1.54, 1.807) is 5.56 Å². The van der Waals surface area contributed by atoms with Gasteiger partial charge in [0.05, 0.1) is 0 Å². The fourth-order valence-electron chi connectivity index (χ4n) is 5.52. The molecule has 1 aromatic rings. The molecule has 26 heavy (non-hydrogen) atoms. The maximum atomic E-state index is 2.86. The quantitative estimate of drug-likeness (QED) is 0.370. The van der Waals surface area contributed by atoms with Crippen molar-refractivity contribution in [2.75, 3.05) is 12.3 Å². The third kappa shape index (κ3) is 6.65. The molecule has 1 nitrogen and oxygen atoms in total. The molecule has 0 saturated carbocycles. The zero-order chi connectivity index (χ0) is 19.9. The Labute approximate surface area is 165 Å². The normalized spacial score (nSPS) is 14.8. The van der Waals surface area contributed by atoms with E-state index in [1.165, 1.54) is 24.9 Å². The second-order valence-corrected chi connectivity index (χ2v) is 14.3. The van der Waals surface area contributed by atoms with Crippen LogP contribution in [-0.2, 0) is 6.16 Å². The molecule has 1 rings (SSSR count). The number of rotatable bonds is 11. The molecule has 1 unspecified atom stereocenters. The third-order valence-corrected chi connectivity index (χ3v) is 12.2. The van der Waals surface area contributed by atoms with Crippen molar-refractivity contribution in [3.8, 4) is 0 Å². The van der Waals surface area contributed by atoms with Gasteiger partial charge < -0.3 is 0 Å². The van der Waals surface area contributed by atoms with Gasteiger partial charge in [0.25, 0.3) is 0 Å². The molecule has 0 spiro atoms. The van der Waals surface area contributed by atoms with Gasteiger partial charge in [-0.1, -0.05) is 0 Å². The molecule has 0 radical (unpaired) electrons. The van der Waals surface area contributed by atoms with Gasteiger partial charge in [0.1, 0.15) is 0 Å². The van der Waals surface area contributed by atoms with Gasteiger partial charge in [-0.05, 0) is 0 Å². The monoisotopic (exact) mass is 379 g/mol. The van der Waals surface area contributed by atoms with Gasteiger partial charge in [0.15, 0.2) is 0 Å². The summed E-state index contributed by atoms with van der Waals surface area (Å²) in [5, 5.41) is 0. The average Bonchev–Trinajstić information content (AvgIpc) is 2.50. The molecular weight excluding hydrogens is 333 g/mol. The van der Waals surface area contributed by atoms with E-state index >= 15 is 0 Å². The Balaban J connectivity index is 3.45. The summed E-state index contributed by atoms with van der Waals surface area (Å²) in [7, 11) is -1.55. The van der Waals surface area contributed by atoms with Crippen LogP contribution < -0.4 is 0 Å². The second kappa shape index (κ2) is 10.8. The summed E-state index contributed by atoms with van der Waals surface area (Å²) >= 11 is 0. The fourth-order valence-corrected chi connectivity index (χ4v) is 13.2. The van der Waals surface area contributed by atoms with E-state index in [2.05, 4.69) is 97.5 Å². The standard InChI is InChI=1S/C24H46NP/c1-10-24(25(21(6)7)22(8)9)26(16-19(2)3,17-20(4)5)18-23-14-12-11-13-15-23/h11-15,19-22,24,26H,10,16-18H2,1-9H3. The van der Waals surface area contributed by atoms with E-state index < -0.39 is 7.26 Å². The van der Waals surface area contributed by atoms with E-state index in [0.717, 1.165) is 17.6 Å². The van der Waals surface area contributed by atoms with Gasteiger partial charge in [-0.25, -0.2) is 0 Å². The van der Waals surface area contributed by atoms with Gasteiger partial charge in [-0.2, -0.15) is 0 Å². The van der Waals surface area contributed by atoms with Crippen LogP contribution in [0.3, 0.4) is 0 Å². The Hall–Kier alpha value is -0.390. The first-order valence-electron chi connectivity index (χ1n) is 10.9. The summed E-state index contributed by atoms with van der Waals surface area (Å²) in [6.45, 7) is 21.8. The first-order chi connectivity index (χ1) is 12.1. The predicted octanol–water partition coefficient (Wildman–Crippen LogP) is 7.10. The molecule has 1 aromatic carbocycles. The zero-order valence-electron chi connectivity index (χ0n) is 19.0. The molecule has 0 bridgehead atoms. The summed E-state index contributed by atoms with van der Waals surface area (Å²) in [6.07, 6.45) is 5.50. The fraction of sp³-hybridized carbons (Fsp3) is 0.750. The number of hydrogen-bond acceptors (Lipinski definition) is 1. The minimum atomic E-state index is -1.55. The first-order valence-corrected chi connectivity index (χ1v) is 13.6. The molecule has 0 aromatic heterocycles. The molecule has 0 aliphatic rings. The summed E-state index contributed by atoms with van der Waals surface area (Å²) in [5.41, 5.74) is 1.56. The van der Waals surface area contributed by atoms with Crippen molar-refractivity contribution < 1.29 is 0 Å². The molecule has 0 saturated heterocycles. The predicted molar refractivity (Wildman–Crippen MR) is 124 cm³/mol. The van der Waals surface area contributed by atoms with Gasteiger partial charge >= 0.3 is 165 Å².